The monoisotopic (exact) mass is 225 g/mol. The minimum absolute atomic E-state index is 0.0433. The molecule has 1 aromatic rings. The fourth-order valence-electron chi connectivity index (χ4n) is 1.38. The average molecular weight is 225 g/mol. The molecule has 1 atom stereocenters. The molecule has 1 heterocycles. The van der Waals surface area contributed by atoms with Crippen LogP contribution in [0.1, 0.15) is 17.3 Å². The van der Waals surface area contributed by atoms with Gasteiger partial charge in [0.15, 0.2) is 5.82 Å². The van der Waals surface area contributed by atoms with Gasteiger partial charge in [-0.25, -0.2) is 4.39 Å². The maximum absolute atomic E-state index is 13.3. The molecule has 0 spiro atoms. The highest BCUT2D eigenvalue weighted by Gasteiger charge is 2.17. The minimum atomic E-state index is -0.597. The van der Waals surface area contributed by atoms with E-state index in [1.807, 2.05) is 6.92 Å². The summed E-state index contributed by atoms with van der Waals surface area (Å²) in [7, 11) is 1.63. The number of halogens is 1. The smallest absolute Gasteiger partial charge is 0.256 e. The molecule has 1 aromatic heterocycles. The third-order valence-electron chi connectivity index (χ3n) is 2.34. The van der Waals surface area contributed by atoms with Crippen molar-refractivity contribution in [3.8, 4) is 0 Å². The zero-order valence-corrected chi connectivity index (χ0v) is 9.48. The first kappa shape index (κ1) is 12.6. The van der Waals surface area contributed by atoms with E-state index in [0.717, 1.165) is 6.20 Å². The lowest BCUT2D eigenvalue weighted by atomic mass is 10.1. The van der Waals surface area contributed by atoms with Gasteiger partial charge in [-0.15, -0.1) is 0 Å². The van der Waals surface area contributed by atoms with E-state index in [0.29, 0.717) is 13.1 Å². The van der Waals surface area contributed by atoms with Crippen LogP contribution in [0.5, 0.6) is 0 Å². The van der Waals surface area contributed by atoms with Crippen molar-refractivity contribution < 1.29 is 9.18 Å². The van der Waals surface area contributed by atoms with Gasteiger partial charge >= 0.3 is 0 Å². The number of hydrogen-bond donors (Lipinski definition) is 1. The average Bonchev–Trinajstić information content (AvgIpc) is 2.28. The van der Waals surface area contributed by atoms with Crippen LogP contribution in [0, 0.1) is 11.7 Å². The fourth-order valence-corrected chi connectivity index (χ4v) is 1.38. The van der Waals surface area contributed by atoms with Crippen molar-refractivity contribution in [1.82, 2.24) is 9.88 Å². The molecule has 5 heteroatoms. The van der Waals surface area contributed by atoms with Crippen molar-refractivity contribution in [3.63, 3.8) is 0 Å². The van der Waals surface area contributed by atoms with Crippen LogP contribution in [0.15, 0.2) is 18.5 Å². The number of carbonyl (C=O) groups excluding carboxylic acids is 1. The Kier molecular flexibility index (Phi) is 4.37. The topological polar surface area (TPSA) is 59.2 Å². The summed E-state index contributed by atoms with van der Waals surface area (Å²) in [5.41, 5.74) is 5.51. The number of nitrogens with two attached hydrogens (primary N) is 1. The molecule has 16 heavy (non-hydrogen) atoms. The molecule has 0 radical (unpaired) electrons. The fraction of sp³-hybridized carbons (Fsp3) is 0.455. The van der Waals surface area contributed by atoms with E-state index in [-0.39, 0.29) is 17.4 Å². The summed E-state index contributed by atoms with van der Waals surface area (Å²) in [6, 6.07) is 1.38. The summed E-state index contributed by atoms with van der Waals surface area (Å²) in [4.78, 5) is 16.9. The van der Waals surface area contributed by atoms with Crippen LogP contribution >= 0.6 is 0 Å². The lowest BCUT2D eigenvalue weighted by Crippen LogP contribution is -2.33. The Hall–Kier alpha value is -1.49. The molecule has 0 saturated carbocycles. The van der Waals surface area contributed by atoms with Crippen LogP contribution < -0.4 is 5.73 Å². The predicted molar refractivity (Wildman–Crippen MR) is 59.4 cm³/mol. The number of nitrogens with zero attached hydrogens (tertiary/aromatic N) is 2. The highest BCUT2D eigenvalue weighted by atomic mass is 19.1. The summed E-state index contributed by atoms with van der Waals surface area (Å²) in [5, 5.41) is 0. The van der Waals surface area contributed by atoms with Gasteiger partial charge in [0.25, 0.3) is 5.91 Å². The Labute approximate surface area is 94.3 Å². The van der Waals surface area contributed by atoms with Crippen LogP contribution in [0.3, 0.4) is 0 Å². The van der Waals surface area contributed by atoms with Crippen LogP contribution in [0.25, 0.3) is 0 Å². The van der Waals surface area contributed by atoms with Crippen molar-refractivity contribution in [2.24, 2.45) is 11.7 Å². The van der Waals surface area contributed by atoms with Crippen LogP contribution in [0.4, 0.5) is 4.39 Å². The van der Waals surface area contributed by atoms with Gasteiger partial charge < -0.3 is 10.6 Å². The van der Waals surface area contributed by atoms with E-state index < -0.39 is 5.82 Å². The quantitative estimate of drug-likeness (QED) is 0.827. The standard InChI is InChI=1S/C11H16FN3O/c1-8(5-13)7-15(2)11(16)9-3-4-14-6-10(9)12/h3-4,6,8H,5,7,13H2,1-2H3. The Morgan fingerprint density at radius 3 is 2.94 bits per heavy atom. The second kappa shape index (κ2) is 5.55. The molecule has 0 fully saturated rings. The number of carbonyl (C=O) groups is 1. The molecule has 0 saturated heterocycles. The third-order valence-corrected chi connectivity index (χ3v) is 2.34. The summed E-state index contributed by atoms with van der Waals surface area (Å²) in [5.74, 6) is -0.751. The van der Waals surface area contributed by atoms with E-state index in [1.165, 1.54) is 17.2 Å². The first-order valence-corrected chi connectivity index (χ1v) is 5.11. The van der Waals surface area contributed by atoms with Gasteiger partial charge in [0.05, 0.1) is 11.8 Å². The number of aromatic nitrogens is 1. The van der Waals surface area contributed by atoms with Gasteiger partial charge in [-0.1, -0.05) is 6.92 Å². The first-order chi connectivity index (χ1) is 7.56. The summed E-state index contributed by atoms with van der Waals surface area (Å²) >= 11 is 0. The molecule has 88 valence electrons. The zero-order chi connectivity index (χ0) is 12.1. The van der Waals surface area contributed by atoms with Crippen molar-refractivity contribution >= 4 is 5.91 Å². The maximum atomic E-state index is 13.3. The van der Waals surface area contributed by atoms with Crippen molar-refractivity contribution in [2.75, 3.05) is 20.1 Å². The van der Waals surface area contributed by atoms with E-state index >= 15 is 0 Å². The molecule has 0 aliphatic heterocycles. The van der Waals surface area contributed by atoms with Crippen LogP contribution in [-0.2, 0) is 0 Å². The second-order valence-electron chi connectivity index (χ2n) is 3.88. The van der Waals surface area contributed by atoms with Gasteiger partial charge in [0.1, 0.15) is 0 Å². The number of rotatable bonds is 4. The molecule has 1 unspecified atom stereocenters. The number of hydrogen-bond acceptors (Lipinski definition) is 3. The molecule has 0 aliphatic carbocycles. The van der Waals surface area contributed by atoms with Gasteiger partial charge in [-0.05, 0) is 18.5 Å². The molecule has 1 rings (SSSR count). The lowest BCUT2D eigenvalue weighted by Gasteiger charge is -2.20. The largest absolute Gasteiger partial charge is 0.341 e. The Balaban J connectivity index is 2.75. The van der Waals surface area contributed by atoms with E-state index in [2.05, 4.69) is 4.98 Å². The molecule has 2 N–H and O–H groups in total. The molecule has 0 aliphatic rings. The van der Waals surface area contributed by atoms with Crippen LogP contribution in [0.2, 0.25) is 0 Å². The summed E-state index contributed by atoms with van der Waals surface area (Å²) < 4.78 is 13.3. The number of amides is 1. The van der Waals surface area contributed by atoms with Crippen molar-refractivity contribution in [2.45, 2.75) is 6.92 Å². The maximum Gasteiger partial charge on any atom is 0.256 e. The Morgan fingerprint density at radius 1 is 1.69 bits per heavy atom. The van der Waals surface area contributed by atoms with E-state index in [1.54, 1.807) is 7.05 Å². The van der Waals surface area contributed by atoms with Gasteiger partial charge in [0, 0.05) is 19.8 Å². The third kappa shape index (κ3) is 3.00. The summed E-state index contributed by atoms with van der Waals surface area (Å²) in [6.07, 6.45) is 2.43. The van der Waals surface area contributed by atoms with E-state index in [9.17, 15) is 9.18 Å². The normalized spacial score (nSPS) is 12.2. The molecule has 0 bridgehead atoms. The highest BCUT2D eigenvalue weighted by Crippen LogP contribution is 2.08. The minimum Gasteiger partial charge on any atom is -0.341 e. The van der Waals surface area contributed by atoms with E-state index in [4.69, 9.17) is 5.73 Å². The van der Waals surface area contributed by atoms with Crippen molar-refractivity contribution in [3.05, 3.63) is 29.8 Å². The molecule has 1 amide bonds. The Bertz CT molecular complexity index is 370. The summed E-state index contributed by atoms with van der Waals surface area (Å²) in [6.45, 7) is 2.94. The SMILES string of the molecule is CC(CN)CN(C)C(=O)c1ccncc1F. The molecule has 0 aromatic carbocycles. The van der Waals surface area contributed by atoms with Crippen LogP contribution in [-0.4, -0.2) is 35.9 Å². The Morgan fingerprint density at radius 2 is 2.38 bits per heavy atom. The molecule has 4 nitrogen and oxygen atoms in total. The molecular weight excluding hydrogens is 209 g/mol. The second-order valence-corrected chi connectivity index (χ2v) is 3.88. The van der Waals surface area contributed by atoms with Gasteiger partial charge in [-0.3, -0.25) is 9.78 Å². The number of pyridine rings is 1. The van der Waals surface area contributed by atoms with Gasteiger partial charge in [0.2, 0.25) is 0 Å². The van der Waals surface area contributed by atoms with Crippen molar-refractivity contribution in [1.29, 1.82) is 0 Å². The first-order valence-electron chi connectivity index (χ1n) is 5.11. The highest BCUT2D eigenvalue weighted by molar-refractivity contribution is 5.94. The van der Waals surface area contributed by atoms with Gasteiger partial charge in [-0.2, -0.15) is 0 Å². The molecular formula is C11H16FN3O. The lowest BCUT2D eigenvalue weighted by molar-refractivity contribution is 0.0772. The predicted octanol–water partition coefficient (Wildman–Crippen LogP) is 0.887. The zero-order valence-electron chi connectivity index (χ0n) is 9.48.